The van der Waals surface area contributed by atoms with E-state index in [-0.39, 0.29) is 29.5 Å². The molecule has 142 valence electrons. The van der Waals surface area contributed by atoms with Crippen LogP contribution in [-0.2, 0) is 0 Å². The Bertz CT molecular complexity index is 515. The highest BCUT2D eigenvalue weighted by Gasteiger charge is 2.22. The Kier molecular flexibility index (Phi) is 10.2. The standard InChI is InChI=1S/C19H32N4S.HI/c1-15(16-9-6-5-7-10-16)23-19(2,3)14-21-18(20-4)22-17-11-8-12-24-13-17;/h5-7,9-10,15,17,23H,8,11-14H2,1-4H3,(H2,20,21,22);1H. The zero-order valence-electron chi connectivity index (χ0n) is 15.8. The summed E-state index contributed by atoms with van der Waals surface area (Å²) in [6.45, 7) is 7.49. The average Bonchev–Trinajstić information content (AvgIpc) is 2.60. The Morgan fingerprint density at radius 1 is 1.32 bits per heavy atom. The van der Waals surface area contributed by atoms with Crippen molar-refractivity contribution in [1.82, 2.24) is 16.0 Å². The van der Waals surface area contributed by atoms with Crippen molar-refractivity contribution in [3.63, 3.8) is 0 Å². The fourth-order valence-electron chi connectivity index (χ4n) is 3.01. The van der Waals surface area contributed by atoms with Gasteiger partial charge in [-0.05, 0) is 44.9 Å². The summed E-state index contributed by atoms with van der Waals surface area (Å²) in [5, 5.41) is 10.7. The number of hydrogen-bond donors (Lipinski definition) is 3. The first-order chi connectivity index (χ1) is 11.5. The van der Waals surface area contributed by atoms with E-state index in [0.717, 1.165) is 12.5 Å². The average molecular weight is 476 g/mol. The van der Waals surface area contributed by atoms with Gasteiger partial charge >= 0.3 is 0 Å². The maximum Gasteiger partial charge on any atom is 0.191 e. The van der Waals surface area contributed by atoms with Crippen molar-refractivity contribution in [3.05, 3.63) is 35.9 Å². The molecule has 0 amide bonds. The second-order valence-electron chi connectivity index (χ2n) is 7.14. The normalized spacial score (nSPS) is 19.7. The van der Waals surface area contributed by atoms with Crippen molar-refractivity contribution < 1.29 is 0 Å². The van der Waals surface area contributed by atoms with Crippen LogP contribution >= 0.6 is 35.7 Å². The first-order valence-electron chi connectivity index (χ1n) is 8.88. The van der Waals surface area contributed by atoms with E-state index in [1.165, 1.54) is 29.9 Å². The summed E-state index contributed by atoms with van der Waals surface area (Å²) in [6.07, 6.45) is 2.53. The SMILES string of the molecule is CN=C(NCC(C)(C)NC(C)c1ccccc1)NC1CCCSC1.I. The molecule has 0 spiro atoms. The summed E-state index contributed by atoms with van der Waals surface area (Å²) in [5.74, 6) is 3.37. The van der Waals surface area contributed by atoms with Gasteiger partial charge in [-0.25, -0.2) is 0 Å². The summed E-state index contributed by atoms with van der Waals surface area (Å²) in [6, 6.07) is 11.4. The Morgan fingerprint density at radius 2 is 2.04 bits per heavy atom. The maximum atomic E-state index is 4.38. The van der Waals surface area contributed by atoms with E-state index in [9.17, 15) is 0 Å². The van der Waals surface area contributed by atoms with Crippen LogP contribution in [0.4, 0.5) is 0 Å². The number of nitrogens with one attached hydrogen (secondary N) is 3. The predicted molar refractivity (Wildman–Crippen MR) is 122 cm³/mol. The molecule has 2 rings (SSSR count). The summed E-state index contributed by atoms with van der Waals surface area (Å²) < 4.78 is 0. The van der Waals surface area contributed by atoms with E-state index in [1.807, 2.05) is 18.8 Å². The quantitative estimate of drug-likeness (QED) is 0.332. The van der Waals surface area contributed by atoms with Gasteiger partial charge in [0.2, 0.25) is 0 Å². The molecule has 0 saturated carbocycles. The van der Waals surface area contributed by atoms with Crippen LogP contribution < -0.4 is 16.0 Å². The molecule has 1 fully saturated rings. The minimum absolute atomic E-state index is 0. The molecule has 0 radical (unpaired) electrons. The third-order valence-electron chi connectivity index (χ3n) is 4.33. The first kappa shape index (κ1) is 22.6. The zero-order chi connectivity index (χ0) is 17.4. The van der Waals surface area contributed by atoms with Gasteiger partial charge in [-0.15, -0.1) is 24.0 Å². The van der Waals surface area contributed by atoms with Crippen molar-refractivity contribution in [2.45, 2.75) is 51.2 Å². The number of benzene rings is 1. The largest absolute Gasteiger partial charge is 0.355 e. The summed E-state index contributed by atoms with van der Waals surface area (Å²) >= 11 is 2.03. The molecule has 1 aromatic rings. The van der Waals surface area contributed by atoms with Crippen LogP contribution in [0.2, 0.25) is 0 Å². The van der Waals surface area contributed by atoms with Crippen molar-refractivity contribution in [2.24, 2.45) is 4.99 Å². The molecule has 2 atom stereocenters. The lowest BCUT2D eigenvalue weighted by atomic mass is 10.0. The molecular weight excluding hydrogens is 443 g/mol. The summed E-state index contributed by atoms with van der Waals surface area (Å²) in [4.78, 5) is 4.38. The van der Waals surface area contributed by atoms with E-state index in [0.29, 0.717) is 12.1 Å². The lowest BCUT2D eigenvalue weighted by Gasteiger charge is -2.32. The van der Waals surface area contributed by atoms with Gasteiger partial charge in [0.15, 0.2) is 5.96 Å². The molecule has 0 aromatic heterocycles. The highest BCUT2D eigenvalue weighted by Crippen LogP contribution is 2.17. The van der Waals surface area contributed by atoms with Crippen LogP contribution in [-0.4, -0.2) is 42.6 Å². The molecule has 4 nitrogen and oxygen atoms in total. The van der Waals surface area contributed by atoms with Gasteiger partial charge in [-0.1, -0.05) is 30.3 Å². The predicted octanol–water partition coefficient (Wildman–Crippen LogP) is 3.79. The van der Waals surface area contributed by atoms with Crippen LogP contribution in [0.5, 0.6) is 0 Å². The number of halogens is 1. The van der Waals surface area contributed by atoms with Gasteiger partial charge in [0.05, 0.1) is 0 Å². The second kappa shape index (κ2) is 11.3. The fourth-order valence-corrected chi connectivity index (χ4v) is 4.08. The van der Waals surface area contributed by atoms with E-state index < -0.39 is 0 Å². The molecule has 1 aliphatic rings. The topological polar surface area (TPSA) is 48.5 Å². The maximum absolute atomic E-state index is 4.38. The summed E-state index contributed by atoms with van der Waals surface area (Å²) in [7, 11) is 1.85. The Hall–Kier alpha value is -0.470. The smallest absolute Gasteiger partial charge is 0.191 e. The molecule has 0 bridgehead atoms. The molecule has 2 unspecified atom stereocenters. The molecule has 1 heterocycles. The highest BCUT2D eigenvalue weighted by atomic mass is 127. The molecule has 1 aromatic carbocycles. The van der Waals surface area contributed by atoms with E-state index in [2.05, 4.69) is 72.0 Å². The minimum Gasteiger partial charge on any atom is -0.355 e. The van der Waals surface area contributed by atoms with Crippen molar-refractivity contribution >= 4 is 41.7 Å². The third kappa shape index (κ3) is 8.17. The van der Waals surface area contributed by atoms with E-state index >= 15 is 0 Å². The van der Waals surface area contributed by atoms with Crippen molar-refractivity contribution in [3.8, 4) is 0 Å². The van der Waals surface area contributed by atoms with E-state index in [1.54, 1.807) is 0 Å². The van der Waals surface area contributed by atoms with Gasteiger partial charge in [0.25, 0.3) is 0 Å². The van der Waals surface area contributed by atoms with Gasteiger partial charge < -0.3 is 16.0 Å². The number of thioether (sulfide) groups is 1. The molecule has 6 heteroatoms. The van der Waals surface area contributed by atoms with Gasteiger partial charge in [0.1, 0.15) is 0 Å². The van der Waals surface area contributed by atoms with Crippen LogP contribution in [0.1, 0.15) is 45.2 Å². The second-order valence-corrected chi connectivity index (χ2v) is 8.29. The number of aliphatic imine (C=N–C) groups is 1. The highest BCUT2D eigenvalue weighted by molar-refractivity contribution is 14.0. The van der Waals surface area contributed by atoms with E-state index in [4.69, 9.17) is 0 Å². The van der Waals surface area contributed by atoms with Crippen LogP contribution in [0.25, 0.3) is 0 Å². The van der Waals surface area contributed by atoms with Gasteiger partial charge in [-0.2, -0.15) is 11.8 Å². The Balaban J connectivity index is 0.00000312. The fraction of sp³-hybridized carbons (Fsp3) is 0.632. The first-order valence-corrected chi connectivity index (χ1v) is 10.0. The monoisotopic (exact) mass is 476 g/mol. The lowest BCUT2D eigenvalue weighted by molar-refractivity contribution is 0.344. The number of hydrogen-bond acceptors (Lipinski definition) is 3. The van der Waals surface area contributed by atoms with Crippen LogP contribution in [0.3, 0.4) is 0 Å². The lowest BCUT2D eigenvalue weighted by Crippen LogP contribution is -2.53. The Morgan fingerprint density at radius 3 is 2.64 bits per heavy atom. The molecular formula is C19H33IN4S. The minimum atomic E-state index is -0.0335. The van der Waals surface area contributed by atoms with Gasteiger partial charge in [0, 0.05) is 37.0 Å². The Labute approximate surface area is 174 Å². The molecule has 0 aliphatic carbocycles. The number of rotatable bonds is 6. The van der Waals surface area contributed by atoms with Crippen molar-refractivity contribution in [1.29, 1.82) is 0 Å². The van der Waals surface area contributed by atoms with Crippen LogP contribution in [0, 0.1) is 0 Å². The molecule has 3 N–H and O–H groups in total. The van der Waals surface area contributed by atoms with Crippen molar-refractivity contribution in [2.75, 3.05) is 25.1 Å². The number of nitrogens with zero attached hydrogens (tertiary/aromatic N) is 1. The zero-order valence-corrected chi connectivity index (χ0v) is 19.0. The summed E-state index contributed by atoms with van der Waals surface area (Å²) in [5.41, 5.74) is 1.28. The van der Waals surface area contributed by atoms with Gasteiger partial charge in [-0.3, -0.25) is 4.99 Å². The molecule has 1 saturated heterocycles. The third-order valence-corrected chi connectivity index (χ3v) is 5.54. The molecule has 25 heavy (non-hydrogen) atoms. The molecule has 1 aliphatic heterocycles. The van der Waals surface area contributed by atoms with Crippen LogP contribution in [0.15, 0.2) is 35.3 Å². The number of guanidine groups is 1.